The number of amides is 1. The van der Waals surface area contributed by atoms with E-state index in [1.165, 1.54) is 6.07 Å². The van der Waals surface area contributed by atoms with Crippen molar-refractivity contribution in [2.75, 3.05) is 10.2 Å². The van der Waals surface area contributed by atoms with Crippen molar-refractivity contribution in [1.29, 1.82) is 0 Å². The first-order valence-electron chi connectivity index (χ1n) is 11.2. The number of alkyl halides is 3. The van der Waals surface area contributed by atoms with E-state index in [1.807, 2.05) is 11.8 Å². The first-order valence-corrected chi connectivity index (χ1v) is 11.2. The Labute approximate surface area is 202 Å². The fraction of sp³-hybridized carbons (Fsp3) is 0.250. The molecule has 8 nitrogen and oxygen atoms in total. The van der Waals surface area contributed by atoms with Gasteiger partial charge >= 0.3 is 6.18 Å². The average molecular weight is 499 g/mol. The fourth-order valence-electron chi connectivity index (χ4n) is 4.60. The van der Waals surface area contributed by atoms with Crippen LogP contribution in [0.2, 0.25) is 0 Å². The zero-order valence-electron chi connectivity index (χ0n) is 19.0. The van der Waals surface area contributed by atoms with Crippen molar-refractivity contribution in [1.82, 2.24) is 20.2 Å². The number of H-pyrrole nitrogens is 1. The highest BCUT2D eigenvalue weighted by molar-refractivity contribution is 6.07. The molecule has 0 spiro atoms. The largest absolute Gasteiger partial charge is 0.416 e. The Hall–Kier alpha value is -4.22. The number of halogens is 4. The summed E-state index contributed by atoms with van der Waals surface area (Å²) < 4.78 is 55.0. The van der Waals surface area contributed by atoms with E-state index in [-0.39, 0.29) is 28.9 Å². The van der Waals surface area contributed by atoms with E-state index < -0.39 is 35.6 Å². The number of nitrogens with one attached hydrogen (secondary N) is 2. The average Bonchev–Trinajstić information content (AvgIpc) is 3.43. The van der Waals surface area contributed by atoms with Crippen LogP contribution >= 0.6 is 0 Å². The summed E-state index contributed by atoms with van der Waals surface area (Å²) in [5.74, 6) is -1.31. The molecule has 0 bridgehead atoms. The van der Waals surface area contributed by atoms with Crippen LogP contribution in [-0.2, 0) is 19.3 Å². The van der Waals surface area contributed by atoms with Crippen LogP contribution in [0.25, 0.3) is 10.9 Å². The minimum atomic E-state index is -4.73. The summed E-state index contributed by atoms with van der Waals surface area (Å²) in [4.78, 5) is 23.3. The van der Waals surface area contributed by atoms with Crippen LogP contribution in [0, 0.1) is 5.82 Å². The van der Waals surface area contributed by atoms with Crippen molar-refractivity contribution < 1.29 is 22.4 Å². The standard InChI is InChI=1S/C24H21F4N7O/c1-2-18-19-12(9-31-34-19)11-35(18)23-32-20-13(21(29)36)5-3-6-14(20)22(33-23)30-10-15-16(24(26,27)28)7-4-8-17(15)25/h3-9,18H,2,10-11H2,1H3,(H2,29,36)(H,31,34)(H,30,32,33). The highest BCUT2D eigenvalue weighted by Gasteiger charge is 2.35. The molecule has 1 unspecified atom stereocenters. The van der Waals surface area contributed by atoms with E-state index in [0.29, 0.717) is 18.4 Å². The van der Waals surface area contributed by atoms with Crippen LogP contribution in [0.4, 0.5) is 29.3 Å². The number of aromatic amines is 1. The van der Waals surface area contributed by atoms with E-state index in [1.54, 1.807) is 18.3 Å². The number of primary amides is 1. The van der Waals surface area contributed by atoms with Gasteiger partial charge in [-0.05, 0) is 30.7 Å². The normalized spacial score (nSPS) is 15.4. The van der Waals surface area contributed by atoms with Crippen molar-refractivity contribution in [2.45, 2.75) is 38.7 Å². The molecule has 0 fully saturated rings. The van der Waals surface area contributed by atoms with Gasteiger partial charge in [-0.2, -0.15) is 23.3 Å². The Bertz CT molecular complexity index is 1470. The summed E-state index contributed by atoms with van der Waals surface area (Å²) in [7, 11) is 0. The number of carbonyl (C=O) groups excluding carboxylic acids is 1. The summed E-state index contributed by atoms with van der Waals surface area (Å²) in [6.07, 6.45) is -2.33. The van der Waals surface area contributed by atoms with Crippen LogP contribution in [0.1, 0.15) is 52.1 Å². The van der Waals surface area contributed by atoms with Crippen molar-refractivity contribution in [3.8, 4) is 0 Å². The number of rotatable bonds is 6. The maximum absolute atomic E-state index is 14.5. The van der Waals surface area contributed by atoms with Gasteiger partial charge in [0.05, 0.1) is 34.6 Å². The number of fused-ring (bicyclic) bond motifs is 2. The third-order valence-electron chi connectivity index (χ3n) is 6.28. The lowest BCUT2D eigenvalue weighted by atomic mass is 10.1. The second kappa shape index (κ2) is 8.77. The molecule has 12 heteroatoms. The summed E-state index contributed by atoms with van der Waals surface area (Å²) in [6.45, 7) is 1.94. The van der Waals surface area contributed by atoms with Crippen LogP contribution < -0.4 is 16.0 Å². The number of aromatic nitrogens is 4. The number of nitrogens with zero attached hydrogens (tertiary/aromatic N) is 4. The maximum atomic E-state index is 14.5. The fourth-order valence-corrected chi connectivity index (χ4v) is 4.60. The predicted molar refractivity (Wildman–Crippen MR) is 125 cm³/mol. The molecule has 2 aromatic heterocycles. The lowest BCUT2D eigenvalue weighted by Crippen LogP contribution is -2.25. The minimum absolute atomic E-state index is 0.128. The molecule has 3 heterocycles. The molecule has 1 aliphatic rings. The molecule has 36 heavy (non-hydrogen) atoms. The zero-order chi connectivity index (χ0) is 25.6. The number of nitrogens with two attached hydrogens (primary N) is 1. The molecule has 186 valence electrons. The number of para-hydroxylation sites is 1. The SMILES string of the molecule is CCC1c2[nH]ncc2CN1c1nc(NCc2c(F)cccc2C(F)(F)F)c2cccc(C(N)=O)c2n1. The Morgan fingerprint density at radius 3 is 2.72 bits per heavy atom. The third-order valence-corrected chi connectivity index (χ3v) is 6.28. The van der Waals surface area contributed by atoms with Crippen molar-refractivity contribution in [3.63, 3.8) is 0 Å². The topological polar surface area (TPSA) is 113 Å². The monoisotopic (exact) mass is 499 g/mol. The van der Waals surface area contributed by atoms with Gasteiger partial charge in [0.15, 0.2) is 0 Å². The van der Waals surface area contributed by atoms with E-state index in [9.17, 15) is 22.4 Å². The molecule has 0 saturated carbocycles. The van der Waals surface area contributed by atoms with E-state index in [4.69, 9.17) is 5.73 Å². The molecule has 0 saturated heterocycles. The van der Waals surface area contributed by atoms with Crippen molar-refractivity contribution in [3.05, 3.63) is 76.4 Å². The molecule has 1 aliphatic heterocycles. The lowest BCUT2D eigenvalue weighted by Gasteiger charge is -2.25. The molecular weight excluding hydrogens is 478 g/mol. The number of carbonyl (C=O) groups is 1. The molecule has 1 amide bonds. The Morgan fingerprint density at radius 1 is 1.22 bits per heavy atom. The highest BCUT2D eigenvalue weighted by Crippen LogP contribution is 2.39. The number of hydrogen-bond acceptors (Lipinski definition) is 6. The van der Waals surface area contributed by atoms with Gasteiger partial charge in [0, 0.05) is 29.6 Å². The summed E-state index contributed by atoms with van der Waals surface area (Å²) >= 11 is 0. The van der Waals surface area contributed by atoms with Gasteiger partial charge in [0.2, 0.25) is 5.95 Å². The maximum Gasteiger partial charge on any atom is 0.416 e. The molecule has 0 radical (unpaired) electrons. The number of benzene rings is 2. The summed E-state index contributed by atoms with van der Waals surface area (Å²) in [6, 6.07) is 7.39. The van der Waals surface area contributed by atoms with Crippen LogP contribution in [0.5, 0.6) is 0 Å². The number of hydrogen-bond donors (Lipinski definition) is 3. The molecule has 5 rings (SSSR count). The zero-order valence-corrected chi connectivity index (χ0v) is 19.0. The predicted octanol–water partition coefficient (Wildman–Crippen LogP) is 4.69. The first kappa shape index (κ1) is 23.5. The molecule has 1 atom stereocenters. The Morgan fingerprint density at radius 2 is 2.00 bits per heavy atom. The van der Waals surface area contributed by atoms with E-state index >= 15 is 0 Å². The van der Waals surface area contributed by atoms with Gasteiger partial charge in [-0.15, -0.1) is 0 Å². The van der Waals surface area contributed by atoms with E-state index in [0.717, 1.165) is 29.5 Å². The van der Waals surface area contributed by atoms with Crippen LogP contribution in [0.15, 0.2) is 42.6 Å². The van der Waals surface area contributed by atoms with Crippen molar-refractivity contribution in [2.24, 2.45) is 5.73 Å². The first-order chi connectivity index (χ1) is 17.2. The molecule has 0 aliphatic carbocycles. The lowest BCUT2D eigenvalue weighted by molar-refractivity contribution is -0.138. The Kier molecular flexibility index (Phi) is 5.73. The van der Waals surface area contributed by atoms with Gasteiger partial charge in [0.25, 0.3) is 5.91 Å². The molecular formula is C24H21F4N7O. The van der Waals surface area contributed by atoms with E-state index in [2.05, 4.69) is 25.5 Å². The third kappa shape index (κ3) is 3.97. The quantitative estimate of drug-likeness (QED) is 0.332. The number of anilines is 2. The van der Waals surface area contributed by atoms with Gasteiger partial charge in [0.1, 0.15) is 11.6 Å². The second-order valence-corrected chi connectivity index (χ2v) is 8.42. The molecule has 2 aromatic carbocycles. The minimum Gasteiger partial charge on any atom is -0.366 e. The molecule has 4 aromatic rings. The van der Waals surface area contributed by atoms with Gasteiger partial charge in [-0.25, -0.2) is 9.37 Å². The van der Waals surface area contributed by atoms with Crippen LogP contribution in [-0.4, -0.2) is 26.1 Å². The second-order valence-electron chi connectivity index (χ2n) is 8.42. The molecule has 4 N–H and O–H groups in total. The smallest absolute Gasteiger partial charge is 0.366 e. The Balaban J connectivity index is 1.61. The van der Waals surface area contributed by atoms with Crippen molar-refractivity contribution >= 4 is 28.6 Å². The van der Waals surface area contributed by atoms with Crippen LogP contribution in [0.3, 0.4) is 0 Å². The highest BCUT2D eigenvalue weighted by atomic mass is 19.4. The summed E-state index contributed by atoms with van der Waals surface area (Å²) in [5, 5.41) is 10.3. The van der Waals surface area contributed by atoms with Gasteiger partial charge < -0.3 is 16.0 Å². The summed E-state index contributed by atoms with van der Waals surface area (Å²) in [5.41, 5.74) is 6.20. The van der Waals surface area contributed by atoms with Gasteiger partial charge in [-0.3, -0.25) is 9.89 Å². The van der Waals surface area contributed by atoms with Gasteiger partial charge in [-0.1, -0.05) is 19.1 Å².